The number of hydrogen-bond acceptors (Lipinski definition) is 8. The molecule has 0 saturated carbocycles. The zero-order valence-electron chi connectivity index (χ0n) is 14.7. The standard InChI is InChI=1S/C12H8N2.C6H5NO3.NO3.Pb/c1-3-9-5-6-10-4-2-8-14-12(10)11(9)13-7-1;8-6-3-1-5(2-4-6)7(9)10;2-1(3)4;/h1-8H;1-4,8H;;/q;;-1;+2/p-1. The van der Waals surface area contributed by atoms with Crippen molar-refractivity contribution in [2.45, 2.75) is 0 Å². The SMILES string of the molecule is O=[N+]([O-])[O-].O=[N+]([O-])c1ccc([O-])cc1.[Pb+2].c1cnc2c(c1)ccc1cccnc12. The summed E-state index contributed by atoms with van der Waals surface area (Å²) in [5, 5.41) is 37.5. The molecule has 0 bridgehead atoms. The van der Waals surface area contributed by atoms with E-state index in [1.807, 2.05) is 12.1 Å². The second kappa shape index (κ2) is 11.4. The van der Waals surface area contributed by atoms with Crippen molar-refractivity contribution in [2.24, 2.45) is 0 Å². The molecule has 4 aromatic rings. The summed E-state index contributed by atoms with van der Waals surface area (Å²) in [6.45, 7) is 0. The number of pyridine rings is 2. The summed E-state index contributed by atoms with van der Waals surface area (Å²) in [7, 11) is 0. The van der Waals surface area contributed by atoms with Gasteiger partial charge in [-0.25, -0.2) is 0 Å². The van der Waals surface area contributed by atoms with E-state index < -0.39 is 10.0 Å². The first-order valence-electron chi connectivity index (χ1n) is 7.70. The van der Waals surface area contributed by atoms with Crippen molar-refractivity contribution in [2.75, 3.05) is 0 Å². The molecule has 10 nitrogen and oxygen atoms in total. The van der Waals surface area contributed by atoms with Gasteiger partial charge in [-0.1, -0.05) is 36.4 Å². The Hall–Kier alpha value is -3.42. The van der Waals surface area contributed by atoms with Gasteiger partial charge in [0.1, 0.15) is 0 Å². The number of aromatic nitrogens is 2. The van der Waals surface area contributed by atoms with E-state index in [1.54, 1.807) is 12.4 Å². The first-order valence-corrected chi connectivity index (χ1v) is 7.70. The normalized spacial score (nSPS) is 9.24. The summed E-state index contributed by atoms with van der Waals surface area (Å²) in [6, 6.07) is 16.8. The Balaban J connectivity index is 0.000000248. The number of nitro benzene ring substituents is 1. The van der Waals surface area contributed by atoms with Gasteiger partial charge in [0.15, 0.2) is 0 Å². The molecule has 0 aliphatic rings. The molecule has 11 heteroatoms. The summed E-state index contributed by atoms with van der Waals surface area (Å²) in [6.07, 6.45) is 3.60. The van der Waals surface area contributed by atoms with Gasteiger partial charge >= 0.3 is 27.3 Å². The van der Waals surface area contributed by atoms with E-state index in [1.165, 1.54) is 12.1 Å². The smallest absolute Gasteiger partial charge is 0.872 e. The van der Waals surface area contributed by atoms with Gasteiger partial charge in [-0.05, 0) is 12.1 Å². The molecule has 0 aliphatic carbocycles. The fraction of sp³-hybridized carbons (Fsp3) is 0. The predicted octanol–water partition coefficient (Wildman–Crippen LogP) is 2.83. The molecule has 0 saturated heterocycles. The van der Waals surface area contributed by atoms with Gasteiger partial charge in [-0.15, -0.1) is 5.75 Å². The van der Waals surface area contributed by atoms with Crippen LogP contribution in [0.1, 0.15) is 0 Å². The second-order valence-corrected chi connectivity index (χ2v) is 5.19. The Morgan fingerprint density at radius 2 is 1.10 bits per heavy atom. The topological polar surface area (TPSA) is 158 Å². The molecule has 0 N–H and O–H groups in total. The van der Waals surface area contributed by atoms with Crippen LogP contribution in [0.25, 0.3) is 21.8 Å². The van der Waals surface area contributed by atoms with E-state index in [0.29, 0.717) is 0 Å². The quantitative estimate of drug-likeness (QED) is 0.142. The van der Waals surface area contributed by atoms with Crippen LogP contribution in [-0.4, -0.2) is 47.3 Å². The van der Waals surface area contributed by atoms with Gasteiger partial charge in [0, 0.05) is 35.3 Å². The minimum atomic E-state index is -1.75. The van der Waals surface area contributed by atoms with Crippen LogP contribution >= 0.6 is 0 Å². The van der Waals surface area contributed by atoms with Gasteiger partial charge in [0.2, 0.25) is 0 Å². The largest absolute Gasteiger partial charge is 2.00 e. The number of fused-ring (bicyclic) bond motifs is 3. The second-order valence-electron chi connectivity index (χ2n) is 5.19. The van der Waals surface area contributed by atoms with Gasteiger partial charge in [0.25, 0.3) is 5.69 Å². The van der Waals surface area contributed by atoms with Gasteiger partial charge in [-0.3, -0.25) is 20.1 Å². The zero-order valence-corrected chi connectivity index (χ0v) is 18.6. The fourth-order valence-electron chi connectivity index (χ4n) is 2.25. The molecule has 144 valence electrons. The molecule has 0 aliphatic heterocycles. The van der Waals surface area contributed by atoms with Crippen LogP contribution in [0.4, 0.5) is 5.69 Å². The Morgan fingerprint density at radius 1 is 0.690 bits per heavy atom. The average molecular weight is 588 g/mol. The van der Waals surface area contributed by atoms with Crippen LogP contribution < -0.4 is 5.11 Å². The third kappa shape index (κ3) is 7.25. The number of nitrogens with zero attached hydrogens (tertiary/aromatic N) is 4. The maximum Gasteiger partial charge on any atom is 2.00 e. The van der Waals surface area contributed by atoms with Gasteiger partial charge < -0.3 is 20.4 Å². The van der Waals surface area contributed by atoms with Crippen LogP contribution in [0.5, 0.6) is 5.75 Å². The Labute approximate surface area is 183 Å². The van der Waals surface area contributed by atoms with Crippen molar-refractivity contribution in [3.63, 3.8) is 0 Å². The molecule has 0 spiro atoms. The third-order valence-corrected chi connectivity index (χ3v) is 3.39. The summed E-state index contributed by atoms with van der Waals surface area (Å²) in [5.41, 5.74) is 1.90. The molecule has 2 aromatic carbocycles. The van der Waals surface area contributed by atoms with E-state index in [0.717, 1.165) is 33.9 Å². The minimum Gasteiger partial charge on any atom is -0.872 e. The fourth-order valence-corrected chi connectivity index (χ4v) is 2.25. The van der Waals surface area contributed by atoms with Crippen molar-refractivity contribution in [1.29, 1.82) is 0 Å². The molecule has 2 heterocycles. The number of hydrogen-bond donors (Lipinski definition) is 0. The monoisotopic (exact) mass is 588 g/mol. The van der Waals surface area contributed by atoms with E-state index in [2.05, 4.69) is 34.2 Å². The minimum absolute atomic E-state index is 0. The molecule has 0 fully saturated rings. The number of nitro groups is 1. The van der Waals surface area contributed by atoms with Crippen LogP contribution in [0, 0.1) is 25.4 Å². The maximum absolute atomic E-state index is 10.4. The number of non-ortho nitro benzene ring substituents is 1. The van der Waals surface area contributed by atoms with Crippen LogP contribution in [0.3, 0.4) is 0 Å². The van der Waals surface area contributed by atoms with E-state index in [-0.39, 0.29) is 38.7 Å². The molecule has 0 atom stereocenters. The van der Waals surface area contributed by atoms with Crippen molar-refractivity contribution in [3.8, 4) is 5.75 Å². The Kier molecular flexibility index (Phi) is 9.31. The van der Waals surface area contributed by atoms with Crippen LogP contribution in [-0.2, 0) is 0 Å². The van der Waals surface area contributed by atoms with Gasteiger partial charge in [-0.2, -0.15) is 0 Å². The van der Waals surface area contributed by atoms with Crippen LogP contribution in [0.15, 0.2) is 73.1 Å². The van der Waals surface area contributed by atoms with E-state index in [4.69, 9.17) is 15.3 Å². The molecule has 0 unspecified atom stereocenters. The molecule has 4 rings (SSSR count). The Bertz CT molecular complexity index is 1050. The summed E-state index contributed by atoms with van der Waals surface area (Å²) < 4.78 is 0. The number of benzene rings is 2. The maximum atomic E-state index is 10.4. The molecule has 2 radical (unpaired) electrons. The van der Waals surface area contributed by atoms with Crippen molar-refractivity contribution in [3.05, 3.63) is 98.5 Å². The first kappa shape index (κ1) is 23.6. The van der Waals surface area contributed by atoms with Crippen LogP contribution in [0.2, 0.25) is 0 Å². The predicted molar refractivity (Wildman–Crippen MR) is 106 cm³/mol. The van der Waals surface area contributed by atoms with E-state index >= 15 is 0 Å². The summed E-state index contributed by atoms with van der Waals surface area (Å²) >= 11 is 0. The molecule has 2 aromatic heterocycles. The molecular weight excluding hydrogens is 575 g/mol. The van der Waals surface area contributed by atoms with Crippen molar-refractivity contribution in [1.82, 2.24) is 9.97 Å². The van der Waals surface area contributed by atoms with Crippen molar-refractivity contribution >= 4 is 54.8 Å². The average Bonchev–Trinajstić information content (AvgIpc) is 2.68. The third-order valence-electron chi connectivity index (χ3n) is 3.39. The molecule has 0 amide bonds. The molecule has 29 heavy (non-hydrogen) atoms. The van der Waals surface area contributed by atoms with Crippen molar-refractivity contribution < 1.29 is 15.1 Å². The first-order chi connectivity index (χ1) is 13.4. The zero-order chi connectivity index (χ0) is 20.5. The van der Waals surface area contributed by atoms with E-state index in [9.17, 15) is 15.2 Å². The number of rotatable bonds is 1. The van der Waals surface area contributed by atoms with Gasteiger partial charge in [0.05, 0.1) is 21.0 Å². The summed E-state index contributed by atoms with van der Waals surface area (Å²) in [4.78, 5) is 26.4. The Morgan fingerprint density at radius 3 is 1.48 bits per heavy atom. The molecular formula is C18H12N4O6Pb. The summed E-state index contributed by atoms with van der Waals surface area (Å²) in [5.74, 6) is -0.217.